The lowest BCUT2D eigenvalue weighted by molar-refractivity contribution is -0.119. The molecule has 0 saturated carbocycles. The highest BCUT2D eigenvalue weighted by Crippen LogP contribution is 2.19. The van der Waals surface area contributed by atoms with Crippen LogP contribution >= 0.6 is 11.6 Å². The van der Waals surface area contributed by atoms with Crippen LogP contribution in [0.4, 0.5) is 5.82 Å². The fourth-order valence-electron chi connectivity index (χ4n) is 1.21. The van der Waals surface area contributed by atoms with E-state index in [1.807, 2.05) is 6.92 Å². The number of anilines is 1. The molecule has 0 aromatic carbocycles. The van der Waals surface area contributed by atoms with Crippen molar-refractivity contribution in [3.8, 4) is 0 Å². The molecule has 98 valence electrons. The third-order valence-corrected chi connectivity index (χ3v) is 2.51. The number of halogens is 1. The molecule has 0 bridgehead atoms. The molecule has 1 heterocycles. The smallest absolute Gasteiger partial charge is 0.253 e. The number of pyridine rings is 1. The number of nitrogens with one attached hydrogen (secondary N) is 2. The van der Waals surface area contributed by atoms with E-state index in [-0.39, 0.29) is 5.56 Å². The van der Waals surface area contributed by atoms with Gasteiger partial charge >= 0.3 is 0 Å². The van der Waals surface area contributed by atoms with Gasteiger partial charge in [-0.25, -0.2) is 4.98 Å². The van der Waals surface area contributed by atoms with Crippen molar-refractivity contribution in [1.29, 1.82) is 0 Å². The highest BCUT2D eigenvalue weighted by molar-refractivity contribution is 6.33. The monoisotopic (exact) mass is 270 g/mol. The summed E-state index contributed by atoms with van der Waals surface area (Å²) in [4.78, 5) is 26.6. The van der Waals surface area contributed by atoms with Gasteiger partial charge in [0.05, 0.1) is 10.6 Å². The first kappa shape index (κ1) is 14.2. The van der Waals surface area contributed by atoms with E-state index in [2.05, 4.69) is 15.6 Å². The molecular weight excluding hydrogens is 256 g/mol. The number of carbonyl (C=O) groups is 2. The van der Waals surface area contributed by atoms with Crippen molar-refractivity contribution >= 4 is 29.2 Å². The summed E-state index contributed by atoms with van der Waals surface area (Å²) >= 11 is 5.95. The van der Waals surface area contributed by atoms with Crippen molar-refractivity contribution in [3.63, 3.8) is 0 Å². The number of nitrogens with zero attached hydrogens (tertiary/aromatic N) is 1. The summed E-state index contributed by atoms with van der Waals surface area (Å²) in [5.74, 6) is -0.538. The molecule has 0 saturated heterocycles. The van der Waals surface area contributed by atoms with E-state index in [9.17, 15) is 9.59 Å². The predicted octanol–water partition coefficient (Wildman–Crippen LogP) is 0.770. The van der Waals surface area contributed by atoms with Crippen molar-refractivity contribution in [2.24, 2.45) is 5.73 Å². The number of hydrogen-bond donors (Lipinski definition) is 3. The maximum Gasteiger partial charge on any atom is 0.253 e. The average molecular weight is 271 g/mol. The van der Waals surface area contributed by atoms with Crippen molar-refractivity contribution < 1.29 is 9.59 Å². The van der Waals surface area contributed by atoms with Gasteiger partial charge in [-0.1, -0.05) is 11.6 Å². The Bertz CT molecular complexity index is 464. The number of primary amides is 1. The van der Waals surface area contributed by atoms with Crippen LogP contribution in [0.5, 0.6) is 0 Å². The van der Waals surface area contributed by atoms with Crippen molar-refractivity contribution in [2.45, 2.75) is 19.9 Å². The zero-order valence-corrected chi connectivity index (χ0v) is 10.9. The number of nitrogens with two attached hydrogens (primary N) is 1. The Balaban J connectivity index is 2.81. The van der Waals surface area contributed by atoms with E-state index in [0.717, 1.165) is 0 Å². The van der Waals surface area contributed by atoms with E-state index in [4.69, 9.17) is 17.3 Å². The number of aromatic nitrogens is 1. The maximum absolute atomic E-state index is 11.7. The molecule has 0 aliphatic carbocycles. The third kappa shape index (κ3) is 3.59. The number of hydrogen-bond acceptors (Lipinski definition) is 4. The maximum atomic E-state index is 11.7. The van der Waals surface area contributed by atoms with Gasteiger partial charge in [0.15, 0.2) is 0 Å². The van der Waals surface area contributed by atoms with E-state index in [1.54, 1.807) is 0 Å². The Labute approximate surface area is 110 Å². The van der Waals surface area contributed by atoms with Gasteiger partial charge in [-0.3, -0.25) is 9.59 Å². The highest BCUT2D eigenvalue weighted by Gasteiger charge is 2.15. The Morgan fingerprint density at radius 2 is 2.22 bits per heavy atom. The van der Waals surface area contributed by atoms with E-state index >= 15 is 0 Å². The van der Waals surface area contributed by atoms with Crippen LogP contribution in [0.15, 0.2) is 12.3 Å². The summed E-state index contributed by atoms with van der Waals surface area (Å²) in [7, 11) is 0. The zero-order chi connectivity index (χ0) is 13.7. The summed E-state index contributed by atoms with van der Waals surface area (Å²) in [6, 6.07) is 0.736. The highest BCUT2D eigenvalue weighted by atomic mass is 35.5. The molecule has 0 spiro atoms. The first-order valence-electron chi connectivity index (χ1n) is 5.45. The van der Waals surface area contributed by atoms with Crippen LogP contribution < -0.4 is 16.4 Å². The predicted molar refractivity (Wildman–Crippen MR) is 69.5 cm³/mol. The molecule has 1 aromatic rings. The summed E-state index contributed by atoms with van der Waals surface area (Å²) in [5, 5.41) is 5.74. The van der Waals surface area contributed by atoms with E-state index in [1.165, 1.54) is 19.2 Å². The summed E-state index contributed by atoms with van der Waals surface area (Å²) < 4.78 is 0. The molecule has 1 rings (SSSR count). The van der Waals surface area contributed by atoms with Gasteiger partial charge in [0.2, 0.25) is 5.91 Å². The fraction of sp³-hybridized carbons (Fsp3) is 0.364. The van der Waals surface area contributed by atoms with Gasteiger partial charge in [-0.15, -0.1) is 0 Å². The molecule has 0 aliphatic rings. The number of rotatable bonds is 5. The Hall–Kier alpha value is -1.82. The van der Waals surface area contributed by atoms with Crippen molar-refractivity contribution in [2.75, 3.05) is 11.9 Å². The van der Waals surface area contributed by atoms with Gasteiger partial charge in [0.1, 0.15) is 11.9 Å². The van der Waals surface area contributed by atoms with Crippen LogP contribution in [0.1, 0.15) is 24.2 Å². The minimum atomic E-state index is -0.746. The van der Waals surface area contributed by atoms with Gasteiger partial charge in [0, 0.05) is 12.7 Å². The summed E-state index contributed by atoms with van der Waals surface area (Å²) in [6.07, 6.45) is 1.38. The van der Waals surface area contributed by atoms with Crippen LogP contribution in [0.25, 0.3) is 0 Å². The third-order valence-electron chi connectivity index (χ3n) is 2.22. The largest absolute Gasteiger partial charge is 0.369 e. The molecule has 0 radical (unpaired) electrons. The molecule has 4 N–H and O–H groups in total. The van der Waals surface area contributed by atoms with Gasteiger partial charge in [-0.2, -0.15) is 0 Å². The number of amides is 2. The standard InChI is InChI=1S/C11H15ClN4O2/c1-3-14-10-8(12)4-7(5-15-10)11(18)16-6(2)9(13)17/h4-6H,3H2,1-2H3,(H2,13,17)(H,14,15)(H,16,18). The molecule has 1 unspecified atom stereocenters. The first-order chi connectivity index (χ1) is 8.45. The normalized spacial score (nSPS) is 11.7. The first-order valence-corrected chi connectivity index (χ1v) is 5.83. The lowest BCUT2D eigenvalue weighted by Gasteiger charge is -2.11. The fourth-order valence-corrected chi connectivity index (χ4v) is 1.44. The number of carbonyl (C=O) groups excluding carboxylic acids is 2. The van der Waals surface area contributed by atoms with Crippen LogP contribution in [-0.2, 0) is 4.79 Å². The SMILES string of the molecule is CCNc1ncc(C(=O)NC(C)C(N)=O)cc1Cl. The second-order valence-corrected chi connectivity index (χ2v) is 4.09. The molecule has 6 nitrogen and oxygen atoms in total. The second kappa shape index (κ2) is 6.20. The average Bonchev–Trinajstić information content (AvgIpc) is 2.31. The minimum Gasteiger partial charge on any atom is -0.369 e. The quantitative estimate of drug-likeness (QED) is 0.736. The van der Waals surface area contributed by atoms with E-state index < -0.39 is 17.9 Å². The van der Waals surface area contributed by atoms with Crippen LogP contribution in [0.2, 0.25) is 5.02 Å². The van der Waals surface area contributed by atoms with Gasteiger partial charge < -0.3 is 16.4 Å². The van der Waals surface area contributed by atoms with Crippen molar-refractivity contribution in [1.82, 2.24) is 10.3 Å². The zero-order valence-electron chi connectivity index (χ0n) is 10.2. The Morgan fingerprint density at radius 3 is 2.72 bits per heavy atom. The second-order valence-electron chi connectivity index (χ2n) is 3.68. The lowest BCUT2D eigenvalue weighted by atomic mass is 10.2. The molecule has 18 heavy (non-hydrogen) atoms. The van der Waals surface area contributed by atoms with Crippen LogP contribution in [-0.4, -0.2) is 29.4 Å². The molecule has 0 fully saturated rings. The summed E-state index contributed by atoms with van der Waals surface area (Å²) in [6.45, 7) is 4.09. The molecule has 7 heteroatoms. The lowest BCUT2D eigenvalue weighted by Crippen LogP contribution is -2.42. The van der Waals surface area contributed by atoms with Crippen LogP contribution in [0.3, 0.4) is 0 Å². The molecular formula is C11H15ClN4O2. The van der Waals surface area contributed by atoms with Gasteiger partial charge in [-0.05, 0) is 19.9 Å². The Kier molecular flexibility index (Phi) is 4.91. The topological polar surface area (TPSA) is 97.1 Å². The Morgan fingerprint density at radius 1 is 1.56 bits per heavy atom. The van der Waals surface area contributed by atoms with Crippen molar-refractivity contribution in [3.05, 3.63) is 22.8 Å². The van der Waals surface area contributed by atoms with Crippen LogP contribution in [0, 0.1) is 0 Å². The van der Waals surface area contributed by atoms with E-state index in [0.29, 0.717) is 17.4 Å². The summed E-state index contributed by atoms with van der Waals surface area (Å²) in [5.41, 5.74) is 5.32. The molecule has 1 aromatic heterocycles. The molecule has 1 atom stereocenters. The minimum absolute atomic E-state index is 0.273. The molecule has 2 amide bonds. The van der Waals surface area contributed by atoms with Gasteiger partial charge in [0.25, 0.3) is 5.91 Å². The molecule has 0 aliphatic heterocycles.